The van der Waals surface area contributed by atoms with E-state index in [0.29, 0.717) is 4.77 Å². The monoisotopic (exact) mass is 288 g/mol. The van der Waals surface area contributed by atoms with Crippen LogP contribution in [-0.4, -0.2) is 19.7 Å². The number of nitrogens with zero attached hydrogens (tertiary/aromatic N) is 3. The van der Waals surface area contributed by atoms with E-state index in [1.54, 1.807) is 23.7 Å². The van der Waals surface area contributed by atoms with Crippen molar-refractivity contribution in [3.05, 3.63) is 51.2 Å². The number of aromatic amines is 1. The normalized spacial score (nSPS) is 10.8. The third kappa shape index (κ3) is 2.50. The number of aromatic nitrogens is 4. The van der Waals surface area contributed by atoms with Crippen LogP contribution in [-0.2, 0) is 6.54 Å². The molecular formula is C13H12N4S2. The third-order valence-corrected chi connectivity index (χ3v) is 4.10. The number of H-pyrrole nitrogens is 1. The third-order valence-electron chi connectivity index (χ3n) is 2.81. The Morgan fingerprint density at radius 1 is 1.26 bits per heavy atom. The average Bonchev–Trinajstić information content (AvgIpc) is 2.99. The summed E-state index contributed by atoms with van der Waals surface area (Å²) in [5.41, 5.74) is 1.01. The summed E-state index contributed by atoms with van der Waals surface area (Å²) in [5, 5.41) is 7.17. The number of aryl methyl sites for hydroxylation is 1. The van der Waals surface area contributed by atoms with Crippen LogP contribution in [0, 0.1) is 11.7 Å². The van der Waals surface area contributed by atoms with Gasteiger partial charge in [-0.3, -0.25) is 14.6 Å². The van der Waals surface area contributed by atoms with Gasteiger partial charge in [0.05, 0.1) is 6.54 Å². The van der Waals surface area contributed by atoms with Crippen LogP contribution in [0.4, 0.5) is 0 Å². The molecule has 0 aromatic carbocycles. The van der Waals surface area contributed by atoms with E-state index in [2.05, 4.69) is 34.2 Å². The molecule has 0 bridgehead atoms. The first-order valence-electron chi connectivity index (χ1n) is 5.85. The largest absolute Gasteiger partial charge is 0.295 e. The summed E-state index contributed by atoms with van der Waals surface area (Å²) in [6, 6.07) is 8.11. The van der Waals surface area contributed by atoms with Crippen molar-refractivity contribution in [1.29, 1.82) is 0 Å². The molecule has 0 saturated carbocycles. The standard InChI is InChI=1S/C13H12N4S2/c1-9-2-3-11(19-9)8-17-12(15-16-13(17)18)10-4-6-14-7-5-10/h2-7H,8H2,1H3,(H,16,18). The molecule has 0 amide bonds. The lowest BCUT2D eigenvalue weighted by molar-refractivity contribution is 0.802. The number of pyridine rings is 1. The highest BCUT2D eigenvalue weighted by Crippen LogP contribution is 2.21. The molecule has 0 atom stereocenters. The summed E-state index contributed by atoms with van der Waals surface area (Å²) in [6.07, 6.45) is 3.51. The van der Waals surface area contributed by atoms with Gasteiger partial charge in [0.2, 0.25) is 0 Å². The quantitative estimate of drug-likeness (QED) is 0.751. The first-order chi connectivity index (χ1) is 9.24. The van der Waals surface area contributed by atoms with Crippen molar-refractivity contribution in [2.75, 3.05) is 0 Å². The van der Waals surface area contributed by atoms with Gasteiger partial charge in [-0.25, -0.2) is 0 Å². The molecule has 1 N–H and O–H groups in total. The van der Waals surface area contributed by atoms with Gasteiger partial charge >= 0.3 is 0 Å². The molecule has 0 spiro atoms. The number of nitrogens with one attached hydrogen (secondary N) is 1. The zero-order valence-corrected chi connectivity index (χ0v) is 12.0. The second-order valence-electron chi connectivity index (χ2n) is 4.19. The Morgan fingerprint density at radius 2 is 2.05 bits per heavy atom. The molecular weight excluding hydrogens is 276 g/mol. The molecule has 19 heavy (non-hydrogen) atoms. The number of thiophene rings is 1. The van der Waals surface area contributed by atoms with Gasteiger partial charge in [0.25, 0.3) is 0 Å². The van der Waals surface area contributed by atoms with Crippen LogP contribution in [0.3, 0.4) is 0 Å². The Balaban J connectivity index is 2.02. The van der Waals surface area contributed by atoms with Gasteiger partial charge in [0, 0.05) is 27.7 Å². The lowest BCUT2D eigenvalue weighted by atomic mass is 10.2. The highest BCUT2D eigenvalue weighted by atomic mass is 32.1. The van der Waals surface area contributed by atoms with Gasteiger partial charge in [-0.15, -0.1) is 11.3 Å². The van der Waals surface area contributed by atoms with E-state index in [1.165, 1.54) is 9.75 Å². The molecule has 3 heterocycles. The first kappa shape index (κ1) is 12.3. The highest BCUT2D eigenvalue weighted by molar-refractivity contribution is 7.71. The van der Waals surface area contributed by atoms with Gasteiger partial charge in [-0.05, 0) is 43.4 Å². The Kier molecular flexibility index (Phi) is 3.27. The van der Waals surface area contributed by atoms with Crippen molar-refractivity contribution in [3.63, 3.8) is 0 Å². The second kappa shape index (κ2) is 5.07. The molecule has 3 aromatic rings. The summed E-state index contributed by atoms with van der Waals surface area (Å²) in [4.78, 5) is 6.59. The first-order valence-corrected chi connectivity index (χ1v) is 7.07. The van der Waals surface area contributed by atoms with Gasteiger partial charge in [0.15, 0.2) is 10.6 Å². The maximum atomic E-state index is 5.31. The predicted molar refractivity (Wildman–Crippen MR) is 78.8 cm³/mol. The van der Waals surface area contributed by atoms with E-state index in [0.717, 1.165) is 17.9 Å². The van der Waals surface area contributed by atoms with Crippen molar-refractivity contribution in [3.8, 4) is 11.4 Å². The molecule has 4 nitrogen and oxygen atoms in total. The number of hydrogen-bond acceptors (Lipinski definition) is 4. The molecule has 96 valence electrons. The topological polar surface area (TPSA) is 46.5 Å². The Bertz CT molecular complexity index is 739. The van der Waals surface area contributed by atoms with E-state index < -0.39 is 0 Å². The van der Waals surface area contributed by atoms with Crippen LogP contribution in [0.1, 0.15) is 9.75 Å². The maximum absolute atomic E-state index is 5.31. The summed E-state index contributed by atoms with van der Waals surface area (Å²) in [5.74, 6) is 0.846. The van der Waals surface area contributed by atoms with E-state index in [4.69, 9.17) is 12.2 Å². The summed E-state index contributed by atoms with van der Waals surface area (Å²) in [6.45, 7) is 2.85. The zero-order chi connectivity index (χ0) is 13.2. The molecule has 0 aliphatic carbocycles. The molecule has 3 aromatic heterocycles. The van der Waals surface area contributed by atoms with Gasteiger partial charge in [-0.2, -0.15) is 5.10 Å². The average molecular weight is 288 g/mol. The Morgan fingerprint density at radius 3 is 2.74 bits per heavy atom. The van der Waals surface area contributed by atoms with Crippen LogP contribution in [0.25, 0.3) is 11.4 Å². The molecule has 0 radical (unpaired) electrons. The van der Waals surface area contributed by atoms with Crippen molar-refractivity contribution in [2.45, 2.75) is 13.5 Å². The van der Waals surface area contributed by atoms with Crippen molar-refractivity contribution < 1.29 is 0 Å². The van der Waals surface area contributed by atoms with Crippen LogP contribution in [0.5, 0.6) is 0 Å². The lowest BCUT2D eigenvalue weighted by Gasteiger charge is -2.04. The summed E-state index contributed by atoms with van der Waals surface area (Å²) >= 11 is 7.09. The molecule has 6 heteroatoms. The summed E-state index contributed by atoms with van der Waals surface area (Å²) in [7, 11) is 0. The SMILES string of the molecule is Cc1ccc(Cn2c(-c3ccncc3)n[nH]c2=S)s1. The Hall–Kier alpha value is -1.79. The fourth-order valence-corrected chi connectivity index (χ4v) is 2.99. The van der Waals surface area contributed by atoms with Gasteiger partial charge < -0.3 is 0 Å². The number of hydrogen-bond donors (Lipinski definition) is 1. The van der Waals surface area contributed by atoms with Crippen LogP contribution in [0.2, 0.25) is 0 Å². The molecule has 0 saturated heterocycles. The van der Waals surface area contributed by atoms with E-state index >= 15 is 0 Å². The van der Waals surface area contributed by atoms with E-state index in [1.807, 2.05) is 16.7 Å². The van der Waals surface area contributed by atoms with Crippen LogP contribution in [0.15, 0.2) is 36.7 Å². The van der Waals surface area contributed by atoms with Gasteiger partial charge in [0.1, 0.15) is 0 Å². The predicted octanol–water partition coefficient (Wildman–Crippen LogP) is 3.42. The minimum Gasteiger partial charge on any atom is -0.295 e. The summed E-state index contributed by atoms with van der Waals surface area (Å²) < 4.78 is 2.65. The van der Waals surface area contributed by atoms with Gasteiger partial charge in [-0.1, -0.05) is 0 Å². The lowest BCUT2D eigenvalue weighted by Crippen LogP contribution is -2.01. The Labute approximate surface area is 119 Å². The minimum atomic E-state index is 0.637. The van der Waals surface area contributed by atoms with Crippen molar-refractivity contribution >= 4 is 23.6 Å². The molecule has 0 aliphatic heterocycles. The van der Waals surface area contributed by atoms with Crippen molar-refractivity contribution in [1.82, 2.24) is 19.7 Å². The smallest absolute Gasteiger partial charge is 0.195 e. The zero-order valence-electron chi connectivity index (χ0n) is 10.3. The molecule has 0 fully saturated rings. The molecule has 0 aliphatic rings. The second-order valence-corrected chi connectivity index (χ2v) is 5.95. The van der Waals surface area contributed by atoms with E-state index in [-0.39, 0.29) is 0 Å². The minimum absolute atomic E-state index is 0.637. The maximum Gasteiger partial charge on any atom is 0.195 e. The molecule has 3 rings (SSSR count). The highest BCUT2D eigenvalue weighted by Gasteiger charge is 2.09. The van der Waals surface area contributed by atoms with Crippen LogP contribution >= 0.6 is 23.6 Å². The van der Waals surface area contributed by atoms with E-state index in [9.17, 15) is 0 Å². The van der Waals surface area contributed by atoms with Crippen molar-refractivity contribution in [2.24, 2.45) is 0 Å². The molecule has 0 unspecified atom stereocenters. The number of rotatable bonds is 3. The van der Waals surface area contributed by atoms with Crippen LogP contribution < -0.4 is 0 Å². The fraction of sp³-hybridized carbons (Fsp3) is 0.154. The fourth-order valence-electron chi connectivity index (χ4n) is 1.91.